The van der Waals surface area contributed by atoms with Crippen LogP contribution in [0.4, 0.5) is 0 Å². The Morgan fingerprint density at radius 1 is 1.27 bits per heavy atom. The van der Waals surface area contributed by atoms with Crippen molar-refractivity contribution in [2.75, 3.05) is 0 Å². The lowest BCUT2D eigenvalue weighted by atomic mass is 10.4. The van der Waals surface area contributed by atoms with Crippen LogP contribution < -0.4 is 0 Å². The van der Waals surface area contributed by atoms with Crippen molar-refractivity contribution in [3.05, 3.63) is 30.6 Å². The summed E-state index contributed by atoms with van der Waals surface area (Å²) in [6.07, 6.45) is 3.59. The normalized spacial score (nSPS) is 8.91. The molecule has 2 aromatic rings. The van der Waals surface area contributed by atoms with E-state index in [1.165, 1.54) is 0 Å². The molecule has 3 nitrogen and oxygen atoms in total. The van der Waals surface area contributed by atoms with Gasteiger partial charge in [-0.2, -0.15) is 0 Å². The summed E-state index contributed by atoms with van der Waals surface area (Å²) >= 11 is 0. The Balaban J connectivity index is 0.000000281. The van der Waals surface area contributed by atoms with Gasteiger partial charge in [-0.1, -0.05) is 25.1 Å². The van der Waals surface area contributed by atoms with Gasteiger partial charge in [0, 0.05) is 6.20 Å². The molecule has 0 N–H and O–H groups in total. The molecule has 0 fully saturated rings. The first kappa shape index (κ1) is 7.72. The molecular weight excluding hydrogens is 138 g/mol. The topological polar surface area (TPSA) is 30.2 Å². The third kappa shape index (κ3) is 1.55. The molecule has 3 heteroatoms. The maximum Gasteiger partial charge on any atom is 0.0864 e. The van der Waals surface area contributed by atoms with Gasteiger partial charge in [0.05, 0.1) is 11.7 Å². The van der Waals surface area contributed by atoms with Crippen LogP contribution in [0.15, 0.2) is 30.6 Å². The van der Waals surface area contributed by atoms with Gasteiger partial charge in [0.2, 0.25) is 0 Å². The summed E-state index contributed by atoms with van der Waals surface area (Å²) in [7, 11) is 0. The van der Waals surface area contributed by atoms with Crippen LogP contribution in [0, 0.1) is 0 Å². The first-order chi connectivity index (χ1) is 5.47. The Bertz CT molecular complexity index is 283. The van der Waals surface area contributed by atoms with Gasteiger partial charge in [-0.15, -0.1) is 5.10 Å². The molecule has 11 heavy (non-hydrogen) atoms. The zero-order valence-corrected chi connectivity index (χ0v) is 6.73. The van der Waals surface area contributed by atoms with E-state index in [2.05, 4.69) is 10.3 Å². The van der Waals surface area contributed by atoms with Crippen LogP contribution in [0.2, 0.25) is 0 Å². The van der Waals surface area contributed by atoms with Crippen LogP contribution in [0.5, 0.6) is 0 Å². The van der Waals surface area contributed by atoms with Crippen molar-refractivity contribution < 1.29 is 0 Å². The maximum atomic E-state index is 3.79. The number of fused-ring (bicyclic) bond motifs is 1. The predicted octanol–water partition coefficient (Wildman–Crippen LogP) is 1.76. The van der Waals surface area contributed by atoms with Crippen LogP contribution in [0.1, 0.15) is 13.8 Å². The van der Waals surface area contributed by atoms with Crippen molar-refractivity contribution in [1.29, 1.82) is 0 Å². The van der Waals surface area contributed by atoms with Gasteiger partial charge in [0.1, 0.15) is 0 Å². The molecule has 0 unspecified atom stereocenters. The highest BCUT2D eigenvalue weighted by Gasteiger charge is 1.86. The monoisotopic (exact) mass is 149 g/mol. The number of rotatable bonds is 0. The van der Waals surface area contributed by atoms with Gasteiger partial charge in [0.15, 0.2) is 0 Å². The Hall–Kier alpha value is -1.38. The molecular formula is C8H11N3. The average Bonchev–Trinajstić information content (AvgIpc) is 2.55. The van der Waals surface area contributed by atoms with Crippen molar-refractivity contribution in [2.24, 2.45) is 0 Å². The third-order valence-electron chi connectivity index (χ3n) is 1.21. The minimum Gasteiger partial charge on any atom is -0.221 e. The van der Waals surface area contributed by atoms with Gasteiger partial charge in [-0.25, -0.2) is 4.52 Å². The number of aromatic nitrogens is 3. The van der Waals surface area contributed by atoms with Crippen molar-refractivity contribution in [2.45, 2.75) is 13.8 Å². The first-order valence-corrected chi connectivity index (χ1v) is 3.72. The molecule has 0 spiro atoms. The first-order valence-electron chi connectivity index (χ1n) is 3.72. The SMILES string of the molecule is CC.c1ccn2nncc2c1. The molecule has 0 bridgehead atoms. The summed E-state index contributed by atoms with van der Waals surface area (Å²) in [5.41, 5.74) is 1.03. The van der Waals surface area contributed by atoms with Gasteiger partial charge in [-0.3, -0.25) is 0 Å². The summed E-state index contributed by atoms with van der Waals surface area (Å²) in [6, 6.07) is 5.83. The van der Waals surface area contributed by atoms with Gasteiger partial charge in [0.25, 0.3) is 0 Å². The van der Waals surface area contributed by atoms with Gasteiger partial charge in [-0.05, 0) is 12.1 Å². The van der Waals surface area contributed by atoms with Crippen molar-refractivity contribution in [1.82, 2.24) is 14.8 Å². The highest BCUT2D eigenvalue weighted by Crippen LogP contribution is 1.95. The van der Waals surface area contributed by atoms with E-state index in [1.54, 1.807) is 10.7 Å². The Labute approximate surface area is 65.7 Å². The summed E-state index contributed by atoms with van der Waals surface area (Å²) in [6.45, 7) is 4.00. The average molecular weight is 149 g/mol. The molecule has 2 rings (SSSR count). The predicted molar refractivity (Wildman–Crippen MR) is 44.3 cm³/mol. The third-order valence-corrected chi connectivity index (χ3v) is 1.21. The van der Waals surface area contributed by atoms with Crippen molar-refractivity contribution >= 4 is 5.52 Å². The van der Waals surface area contributed by atoms with Gasteiger partial charge >= 0.3 is 0 Å². The van der Waals surface area contributed by atoms with E-state index in [0.29, 0.717) is 0 Å². The second-order valence-electron chi connectivity index (χ2n) is 1.80. The van der Waals surface area contributed by atoms with E-state index in [1.807, 2.05) is 38.2 Å². The quantitative estimate of drug-likeness (QED) is 0.571. The maximum absolute atomic E-state index is 3.79. The second kappa shape index (κ2) is 3.71. The van der Waals surface area contributed by atoms with E-state index in [9.17, 15) is 0 Å². The minimum absolute atomic E-state index is 1.03. The molecule has 0 saturated heterocycles. The lowest BCUT2D eigenvalue weighted by Crippen LogP contribution is -1.82. The molecule has 58 valence electrons. The number of hydrogen-bond acceptors (Lipinski definition) is 2. The highest BCUT2D eigenvalue weighted by atomic mass is 15.4. The van der Waals surface area contributed by atoms with Crippen LogP contribution >= 0.6 is 0 Å². The Morgan fingerprint density at radius 2 is 2.09 bits per heavy atom. The van der Waals surface area contributed by atoms with Crippen LogP contribution in [-0.2, 0) is 0 Å². The molecule has 2 heterocycles. The molecule has 0 atom stereocenters. The van der Waals surface area contributed by atoms with E-state index < -0.39 is 0 Å². The van der Waals surface area contributed by atoms with E-state index in [-0.39, 0.29) is 0 Å². The molecule has 0 aliphatic heterocycles. The number of nitrogens with zero attached hydrogens (tertiary/aromatic N) is 3. The Morgan fingerprint density at radius 3 is 2.82 bits per heavy atom. The summed E-state index contributed by atoms with van der Waals surface area (Å²) in [5.74, 6) is 0. The zero-order chi connectivity index (χ0) is 8.10. The van der Waals surface area contributed by atoms with Crippen molar-refractivity contribution in [3.8, 4) is 0 Å². The van der Waals surface area contributed by atoms with E-state index in [4.69, 9.17) is 0 Å². The summed E-state index contributed by atoms with van der Waals surface area (Å²) < 4.78 is 1.72. The molecule has 0 radical (unpaired) electrons. The Kier molecular flexibility index (Phi) is 2.60. The summed E-state index contributed by atoms with van der Waals surface area (Å²) in [5, 5.41) is 7.50. The zero-order valence-electron chi connectivity index (χ0n) is 6.73. The van der Waals surface area contributed by atoms with Crippen LogP contribution in [0.3, 0.4) is 0 Å². The van der Waals surface area contributed by atoms with E-state index in [0.717, 1.165) is 5.52 Å². The highest BCUT2D eigenvalue weighted by molar-refractivity contribution is 5.41. The number of hydrogen-bond donors (Lipinski definition) is 0. The van der Waals surface area contributed by atoms with Gasteiger partial charge < -0.3 is 0 Å². The molecule has 0 aliphatic rings. The fourth-order valence-electron chi connectivity index (χ4n) is 0.772. The molecule has 0 aromatic carbocycles. The van der Waals surface area contributed by atoms with Crippen molar-refractivity contribution in [3.63, 3.8) is 0 Å². The minimum atomic E-state index is 1.03. The fourth-order valence-corrected chi connectivity index (χ4v) is 0.772. The molecule has 0 saturated carbocycles. The summed E-state index contributed by atoms with van der Waals surface area (Å²) in [4.78, 5) is 0. The largest absolute Gasteiger partial charge is 0.221 e. The van der Waals surface area contributed by atoms with Crippen LogP contribution in [0.25, 0.3) is 5.52 Å². The second-order valence-corrected chi connectivity index (χ2v) is 1.80. The smallest absolute Gasteiger partial charge is 0.0864 e. The standard InChI is InChI=1S/C6H5N3.C2H6/c1-2-4-9-6(3-1)5-7-8-9;1-2/h1-5H;1-2H3. The number of pyridine rings is 1. The van der Waals surface area contributed by atoms with E-state index >= 15 is 0 Å². The lowest BCUT2D eigenvalue weighted by Gasteiger charge is -1.84. The fraction of sp³-hybridized carbons (Fsp3) is 0.250. The molecule has 0 aliphatic carbocycles. The molecule has 0 amide bonds. The molecule has 2 aromatic heterocycles. The lowest BCUT2D eigenvalue weighted by molar-refractivity contribution is 0.855. The van der Waals surface area contributed by atoms with Crippen LogP contribution in [-0.4, -0.2) is 14.8 Å².